The predicted molar refractivity (Wildman–Crippen MR) is 60.3 cm³/mol. The van der Waals surface area contributed by atoms with Crippen molar-refractivity contribution in [3.63, 3.8) is 0 Å². The minimum atomic E-state index is -0.459. The summed E-state index contributed by atoms with van der Waals surface area (Å²) in [4.78, 5) is 11.9. The van der Waals surface area contributed by atoms with Crippen molar-refractivity contribution in [2.45, 2.75) is 58.2 Å². The van der Waals surface area contributed by atoms with Gasteiger partial charge in [0.05, 0.1) is 12.6 Å². The zero-order valence-electron chi connectivity index (χ0n) is 9.72. The van der Waals surface area contributed by atoms with Crippen LogP contribution in [0.2, 0.25) is 0 Å². The third kappa shape index (κ3) is 2.19. The second kappa shape index (κ2) is 4.82. The molecule has 0 aromatic carbocycles. The lowest BCUT2D eigenvalue weighted by Gasteiger charge is -2.09. The second-order valence-corrected chi connectivity index (χ2v) is 4.43. The van der Waals surface area contributed by atoms with Crippen LogP contribution >= 0.6 is 0 Å². The fourth-order valence-corrected chi connectivity index (χ4v) is 2.19. The summed E-state index contributed by atoms with van der Waals surface area (Å²) in [5.41, 5.74) is -0.0650. The second-order valence-electron chi connectivity index (χ2n) is 4.43. The first kappa shape index (κ1) is 11.4. The van der Waals surface area contributed by atoms with E-state index in [2.05, 4.69) is 5.10 Å². The molecule has 0 aliphatic carbocycles. The summed E-state index contributed by atoms with van der Waals surface area (Å²) in [6.07, 6.45) is 4.22. The van der Waals surface area contributed by atoms with Crippen LogP contribution in [0.25, 0.3) is 0 Å². The van der Waals surface area contributed by atoms with Crippen LogP contribution in [0, 0.1) is 0 Å². The molecule has 0 bridgehead atoms. The fraction of sp³-hybridized carbons (Fsp3) is 0.818. The first-order valence-electron chi connectivity index (χ1n) is 6.07. The lowest BCUT2D eigenvalue weighted by Crippen LogP contribution is -2.30. The van der Waals surface area contributed by atoms with Gasteiger partial charge in [-0.25, -0.2) is 9.48 Å². The number of aliphatic hydroxyl groups excluding tert-OH is 1. The van der Waals surface area contributed by atoms with Gasteiger partial charge in [0.2, 0.25) is 0 Å². The van der Waals surface area contributed by atoms with E-state index < -0.39 is 6.10 Å². The molecule has 1 unspecified atom stereocenters. The van der Waals surface area contributed by atoms with Gasteiger partial charge in [0.25, 0.3) is 0 Å². The largest absolute Gasteiger partial charge is 0.391 e. The van der Waals surface area contributed by atoms with Gasteiger partial charge in [-0.05, 0) is 19.3 Å². The van der Waals surface area contributed by atoms with Crippen LogP contribution in [0.1, 0.15) is 38.4 Å². The average molecular weight is 225 g/mol. The zero-order chi connectivity index (χ0) is 11.5. The maximum absolute atomic E-state index is 11.9. The van der Waals surface area contributed by atoms with Crippen molar-refractivity contribution in [2.75, 3.05) is 0 Å². The molecule has 2 heterocycles. The highest BCUT2D eigenvalue weighted by molar-refractivity contribution is 4.91. The molecule has 0 amide bonds. The monoisotopic (exact) mass is 225 g/mol. The molecule has 1 aromatic heterocycles. The maximum atomic E-state index is 11.9. The quantitative estimate of drug-likeness (QED) is 0.813. The molecule has 16 heavy (non-hydrogen) atoms. The van der Waals surface area contributed by atoms with Crippen LogP contribution in [0.3, 0.4) is 0 Å². The van der Waals surface area contributed by atoms with E-state index in [0.717, 1.165) is 38.1 Å². The third-order valence-corrected chi connectivity index (χ3v) is 3.04. The fourth-order valence-electron chi connectivity index (χ4n) is 2.19. The standard InChI is InChI=1S/C11H19N3O2/c1-2-5-9(15)8-14-11(16)13-7-4-3-6-10(13)12-14/h9,15H,2-8H2,1H3. The van der Waals surface area contributed by atoms with Gasteiger partial charge in [0.15, 0.2) is 0 Å². The van der Waals surface area contributed by atoms with Gasteiger partial charge in [0.1, 0.15) is 5.82 Å². The number of aliphatic hydroxyl groups is 1. The minimum Gasteiger partial charge on any atom is -0.391 e. The van der Waals surface area contributed by atoms with Gasteiger partial charge in [-0.15, -0.1) is 0 Å². The highest BCUT2D eigenvalue weighted by Gasteiger charge is 2.17. The average Bonchev–Trinajstić information content (AvgIpc) is 2.57. The Morgan fingerprint density at radius 1 is 1.50 bits per heavy atom. The van der Waals surface area contributed by atoms with Crippen LogP contribution < -0.4 is 5.69 Å². The van der Waals surface area contributed by atoms with E-state index in [9.17, 15) is 9.90 Å². The third-order valence-electron chi connectivity index (χ3n) is 3.04. The molecule has 5 nitrogen and oxygen atoms in total. The zero-order valence-corrected chi connectivity index (χ0v) is 9.72. The molecular formula is C11H19N3O2. The number of fused-ring (bicyclic) bond motifs is 1. The van der Waals surface area contributed by atoms with Gasteiger partial charge in [-0.2, -0.15) is 5.10 Å². The summed E-state index contributed by atoms with van der Waals surface area (Å²) in [6, 6.07) is 0. The molecular weight excluding hydrogens is 206 g/mol. The van der Waals surface area contributed by atoms with E-state index >= 15 is 0 Å². The Morgan fingerprint density at radius 3 is 3.00 bits per heavy atom. The van der Waals surface area contributed by atoms with Crippen molar-refractivity contribution >= 4 is 0 Å². The normalized spacial score (nSPS) is 17.1. The highest BCUT2D eigenvalue weighted by atomic mass is 16.3. The topological polar surface area (TPSA) is 60.0 Å². The van der Waals surface area contributed by atoms with Crippen molar-refractivity contribution in [3.05, 3.63) is 16.3 Å². The van der Waals surface area contributed by atoms with Crippen molar-refractivity contribution in [1.29, 1.82) is 0 Å². The summed E-state index contributed by atoms with van der Waals surface area (Å²) in [7, 11) is 0. The first-order chi connectivity index (χ1) is 7.72. The van der Waals surface area contributed by atoms with E-state index in [1.807, 2.05) is 6.92 Å². The number of hydrogen-bond donors (Lipinski definition) is 1. The molecule has 1 aromatic rings. The van der Waals surface area contributed by atoms with Crippen LogP contribution in [0.4, 0.5) is 0 Å². The molecule has 2 rings (SSSR count). The summed E-state index contributed by atoms with van der Waals surface area (Å²) in [5, 5.41) is 14.0. The van der Waals surface area contributed by atoms with E-state index in [1.54, 1.807) is 4.57 Å². The smallest absolute Gasteiger partial charge is 0.346 e. The van der Waals surface area contributed by atoms with Gasteiger partial charge in [-0.3, -0.25) is 4.57 Å². The van der Waals surface area contributed by atoms with Crippen molar-refractivity contribution in [3.8, 4) is 0 Å². The SMILES string of the molecule is CCCC(O)Cn1nc2n(c1=O)CCCC2. The number of hydrogen-bond acceptors (Lipinski definition) is 3. The van der Waals surface area contributed by atoms with Gasteiger partial charge >= 0.3 is 5.69 Å². The van der Waals surface area contributed by atoms with E-state index in [0.29, 0.717) is 13.0 Å². The van der Waals surface area contributed by atoms with E-state index in [1.165, 1.54) is 4.68 Å². The molecule has 1 aliphatic rings. The Morgan fingerprint density at radius 2 is 2.31 bits per heavy atom. The van der Waals surface area contributed by atoms with Crippen LogP contribution in [0.15, 0.2) is 4.79 Å². The molecule has 0 fully saturated rings. The summed E-state index contributed by atoms with van der Waals surface area (Å²) >= 11 is 0. The highest BCUT2D eigenvalue weighted by Crippen LogP contribution is 2.09. The molecule has 0 spiro atoms. The summed E-state index contributed by atoms with van der Waals surface area (Å²) < 4.78 is 3.16. The van der Waals surface area contributed by atoms with Crippen molar-refractivity contribution in [2.24, 2.45) is 0 Å². The molecule has 0 saturated heterocycles. The number of nitrogens with zero attached hydrogens (tertiary/aromatic N) is 3. The van der Waals surface area contributed by atoms with Gasteiger partial charge in [0, 0.05) is 13.0 Å². The van der Waals surface area contributed by atoms with E-state index in [-0.39, 0.29) is 5.69 Å². The first-order valence-corrected chi connectivity index (χ1v) is 6.07. The molecule has 90 valence electrons. The van der Waals surface area contributed by atoms with Gasteiger partial charge < -0.3 is 5.11 Å². The molecule has 1 atom stereocenters. The van der Waals surface area contributed by atoms with Crippen LogP contribution in [-0.4, -0.2) is 25.6 Å². The molecule has 1 aliphatic heterocycles. The number of aryl methyl sites for hydroxylation is 1. The predicted octanol–water partition coefficient (Wildman–Crippen LogP) is 0.542. The minimum absolute atomic E-state index is 0.0650. The number of rotatable bonds is 4. The lowest BCUT2D eigenvalue weighted by molar-refractivity contribution is 0.137. The Bertz CT molecular complexity index is 408. The van der Waals surface area contributed by atoms with Crippen molar-refractivity contribution in [1.82, 2.24) is 14.3 Å². The van der Waals surface area contributed by atoms with Gasteiger partial charge in [-0.1, -0.05) is 13.3 Å². The Balaban J connectivity index is 2.16. The van der Waals surface area contributed by atoms with Crippen molar-refractivity contribution < 1.29 is 5.11 Å². The maximum Gasteiger partial charge on any atom is 0.346 e. The summed E-state index contributed by atoms with van der Waals surface area (Å²) in [5.74, 6) is 0.875. The van der Waals surface area contributed by atoms with Crippen LogP contribution in [-0.2, 0) is 19.5 Å². The lowest BCUT2D eigenvalue weighted by atomic mass is 10.2. The number of aromatic nitrogens is 3. The molecule has 1 N–H and O–H groups in total. The van der Waals surface area contributed by atoms with Crippen LogP contribution in [0.5, 0.6) is 0 Å². The Labute approximate surface area is 94.7 Å². The Hall–Kier alpha value is -1.10. The summed E-state index contributed by atoms with van der Waals surface area (Å²) in [6.45, 7) is 3.12. The van der Waals surface area contributed by atoms with E-state index in [4.69, 9.17) is 0 Å². The Kier molecular flexibility index (Phi) is 3.43. The molecule has 0 radical (unpaired) electrons. The molecule has 0 saturated carbocycles. The molecule has 5 heteroatoms.